The van der Waals surface area contributed by atoms with Crippen LogP contribution in [0, 0.1) is 30.9 Å². The summed E-state index contributed by atoms with van der Waals surface area (Å²) >= 11 is 0. The Bertz CT molecular complexity index is 2470. The van der Waals surface area contributed by atoms with Gasteiger partial charge >= 0.3 is 0 Å². The molecule has 8 heterocycles. The number of nitrogens with one attached hydrogen (secondary N) is 2. The summed E-state index contributed by atoms with van der Waals surface area (Å²) in [5, 5.41) is 7.86. The van der Waals surface area contributed by atoms with E-state index in [9.17, 15) is 26.3 Å². The molecule has 4 aliphatic rings. The van der Waals surface area contributed by atoms with Gasteiger partial charge in [0.05, 0.1) is 85.0 Å². The summed E-state index contributed by atoms with van der Waals surface area (Å²) < 4.78 is 92.7. The number of aryl methyl sites for hydroxylation is 2. The monoisotopic (exact) mass is 858 g/mol. The Morgan fingerprint density at radius 3 is 1.47 bits per heavy atom. The molecule has 0 unspecified atom stereocenters. The summed E-state index contributed by atoms with van der Waals surface area (Å²) in [5.41, 5.74) is 0.652. The molecule has 4 aliphatic heterocycles. The van der Waals surface area contributed by atoms with Crippen LogP contribution >= 0.6 is 0 Å². The Kier molecular flexibility index (Phi) is 10.8. The molecule has 4 fully saturated rings. The topological polar surface area (TPSA) is 126 Å². The lowest BCUT2D eigenvalue weighted by atomic mass is 9.78. The highest BCUT2D eigenvalue weighted by molar-refractivity contribution is 5.91. The van der Waals surface area contributed by atoms with Gasteiger partial charge in [-0.25, -0.2) is 56.2 Å². The molecule has 4 aromatic heterocycles. The zero-order chi connectivity index (χ0) is 43.5. The lowest BCUT2D eigenvalue weighted by Crippen LogP contribution is -2.68. The molecule has 2 N–H and O–H groups in total. The number of hydrogen-bond acceptors (Lipinski definition) is 12. The van der Waals surface area contributed by atoms with Crippen LogP contribution in [0.2, 0.25) is 0 Å². The number of nitrogens with zero attached hydrogens (tertiary/aromatic N) is 8. The summed E-state index contributed by atoms with van der Waals surface area (Å²) in [6.07, 6.45) is -1.28. The second kappa shape index (κ2) is 16.1. The van der Waals surface area contributed by atoms with Gasteiger partial charge in [0.1, 0.15) is 52.2 Å². The normalized spacial score (nSPS) is 18.2. The summed E-state index contributed by atoms with van der Waals surface area (Å²) in [6, 6.07) is 10.7. The van der Waals surface area contributed by atoms with E-state index in [0.717, 1.165) is 87.0 Å². The van der Waals surface area contributed by atoms with Gasteiger partial charge in [-0.1, -0.05) is 36.4 Å². The third kappa shape index (κ3) is 7.78. The molecule has 0 bridgehead atoms. The van der Waals surface area contributed by atoms with Crippen molar-refractivity contribution in [2.75, 3.05) is 66.4 Å². The largest absolute Gasteiger partial charge is 0.380 e. The summed E-state index contributed by atoms with van der Waals surface area (Å²) in [6.45, 7) is 12.7. The fraction of sp³-hybridized carbons (Fsp3) is 0.409. The van der Waals surface area contributed by atoms with Crippen molar-refractivity contribution in [2.45, 2.75) is 64.7 Å². The highest BCUT2D eigenvalue weighted by atomic mass is 19.3. The Morgan fingerprint density at radius 2 is 1.08 bits per heavy atom. The number of ether oxygens (including phenoxy) is 2. The maximum atomic E-state index is 14.6. The first-order valence-corrected chi connectivity index (χ1v) is 20.4. The lowest BCUT2D eigenvalue weighted by Gasteiger charge is -2.55. The zero-order valence-electron chi connectivity index (χ0n) is 34.4. The molecule has 4 saturated heterocycles. The summed E-state index contributed by atoms with van der Waals surface area (Å²) in [4.78, 5) is 31.3. The van der Waals surface area contributed by atoms with Crippen molar-refractivity contribution in [1.29, 1.82) is 0 Å². The summed E-state index contributed by atoms with van der Waals surface area (Å²) in [5.74, 6) is 1.90. The van der Waals surface area contributed by atoms with Crippen LogP contribution in [0.15, 0.2) is 60.9 Å². The first-order valence-electron chi connectivity index (χ1n) is 20.4. The van der Waals surface area contributed by atoms with Crippen LogP contribution < -0.4 is 20.4 Å². The van der Waals surface area contributed by atoms with Crippen LogP contribution in [0.4, 0.5) is 49.6 Å². The molecule has 0 saturated carbocycles. The average Bonchev–Trinajstić information content (AvgIpc) is 3.16. The van der Waals surface area contributed by atoms with Gasteiger partial charge in [-0.3, -0.25) is 0 Å². The van der Waals surface area contributed by atoms with Crippen molar-refractivity contribution in [3.8, 4) is 0 Å². The van der Waals surface area contributed by atoms with Crippen molar-refractivity contribution in [2.24, 2.45) is 5.41 Å². The molecule has 0 radical (unpaired) electrons. The molecule has 2 atom stereocenters. The third-order valence-electron chi connectivity index (χ3n) is 12.0. The number of rotatable bonds is 10. The quantitative estimate of drug-likeness (QED) is 0.128. The fourth-order valence-electron chi connectivity index (χ4n) is 8.50. The van der Waals surface area contributed by atoms with Crippen LogP contribution in [0.5, 0.6) is 0 Å². The van der Waals surface area contributed by atoms with Crippen LogP contribution in [0.25, 0.3) is 21.8 Å². The van der Waals surface area contributed by atoms with E-state index < -0.39 is 47.7 Å². The zero-order valence-corrected chi connectivity index (χ0v) is 34.4. The molecular formula is C44H44F6N10O2. The molecule has 62 heavy (non-hydrogen) atoms. The molecule has 324 valence electrons. The second-order valence-electron chi connectivity index (χ2n) is 16.7. The number of pyridine rings is 2. The van der Waals surface area contributed by atoms with Crippen LogP contribution in [0.3, 0.4) is 0 Å². The van der Waals surface area contributed by atoms with Crippen LogP contribution in [-0.4, -0.2) is 81.5 Å². The number of benzene rings is 2. The number of anilines is 4. The van der Waals surface area contributed by atoms with Crippen LogP contribution in [-0.2, 0) is 9.47 Å². The van der Waals surface area contributed by atoms with E-state index in [0.29, 0.717) is 34.3 Å². The van der Waals surface area contributed by atoms with Crippen LogP contribution in [0.1, 0.15) is 79.1 Å². The fourth-order valence-corrected chi connectivity index (χ4v) is 8.50. The minimum absolute atomic E-state index is 0.0246. The van der Waals surface area contributed by atoms with Gasteiger partial charge < -0.3 is 29.9 Å². The number of halogens is 6. The van der Waals surface area contributed by atoms with E-state index in [1.807, 2.05) is 12.1 Å². The van der Waals surface area contributed by atoms with Gasteiger partial charge in [0.2, 0.25) is 0 Å². The Morgan fingerprint density at radius 1 is 0.645 bits per heavy atom. The minimum Gasteiger partial charge on any atom is -0.380 e. The molecule has 18 heteroatoms. The van der Waals surface area contributed by atoms with Gasteiger partial charge in [-0.05, 0) is 39.8 Å². The third-order valence-corrected chi connectivity index (χ3v) is 12.0. The molecule has 12 nitrogen and oxygen atoms in total. The molecule has 2 spiro atoms. The first-order chi connectivity index (χ1) is 29.7. The SMILES string of the molecule is Cc1nc(N[C@H](C)c2cccc(C(F)F)c2F)c2cc(N3CC4(CCO4)C3)ncc2n1.Cc1nc(N[C@H](C)c2cccc(C(F)F)c2F)c2cc(N3CC4(COC4)C3)ncc2n1. The van der Waals surface area contributed by atoms with E-state index in [2.05, 4.69) is 50.3 Å². The number of aromatic nitrogens is 6. The number of alkyl halides is 4. The van der Waals surface area contributed by atoms with Gasteiger partial charge in [0.15, 0.2) is 0 Å². The maximum Gasteiger partial charge on any atom is 0.266 e. The highest BCUT2D eigenvalue weighted by Gasteiger charge is 2.50. The molecule has 10 rings (SSSR count). The van der Waals surface area contributed by atoms with E-state index in [1.54, 1.807) is 40.1 Å². The smallest absolute Gasteiger partial charge is 0.266 e. The molecular weight excluding hydrogens is 815 g/mol. The predicted molar refractivity (Wildman–Crippen MR) is 222 cm³/mol. The lowest BCUT2D eigenvalue weighted by molar-refractivity contribution is -0.161. The average molecular weight is 859 g/mol. The number of fused-ring (bicyclic) bond motifs is 2. The van der Waals surface area contributed by atoms with Gasteiger partial charge in [0.25, 0.3) is 12.9 Å². The summed E-state index contributed by atoms with van der Waals surface area (Å²) in [7, 11) is 0. The number of hydrogen-bond donors (Lipinski definition) is 2. The van der Waals surface area contributed by atoms with Gasteiger partial charge in [-0.15, -0.1) is 0 Å². The van der Waals surface area contributed by atoms with Gasteiger partial charge in [-0.2, -0.15) is 0 Å². The minimum atomic E-state index is -2.87. The highest BCUT2D eigenvalue weighted by Crippen LogP contribution is 2.42. The van der Waals surface area contributed by atoms with Crippen molar-refractivity contribution in [3.63, 3.8) is 0 Å². The van der Waals surface area contributed by atoms with Crippen molar-refractivity contribution < 1.29 is 35.8 Å². The van der Waals surface area contributed by atoms with Crippen molar-refractivity contribution >= 4 is 45.1 Å². The van der Waals surface area contributed by atoms with E-state index in [4.69, 9.17) is 9.47 Å². The maximum absolute atomic E-state index is 14.6. The Hall–Kier alpha value is -5.88. The second-order valence-corrected chi connectivity index (χ2v) is 16.7. The molecule has 2 aromatic carbocycles. The first kappa shape index (κ1) is 41.5. The van der Waals surface area contributed by atoms with Gasteiger partial charge in [0, 0.05) is 41.4 Å². The van der Waals surface area contributed by atoms with E-state index in [-0.39, 0.29) is 22.1 Å². The Balaban J connectivity index is 0.000000158. The molecule has 0 amide bonds. The molecule has 0 aliphatic carbocycles. The Labute approximate surface area is 353 Å². The van der Waals surface area contributed by atoms with E-state index in [1.165, 1.54) is 24.3 Å². The van der Waals surface area contributed by atoms with E-state index >= 15 is 0 Å². The molecule has 6 aromatic rings. The standard InChI is InChI=1S/2C22H22F3N5O/c1-12(14-4-3-5-15(19(14)23)20(24)25)27-21-16-6-18(26-7-17(16)28-13(2)29-21)30-8-22(9-30)10-31-11-22;1-12(14-4-3-5-15(19(14)23)20(24)25)27-21-16-8-18(26-9-17(16)28-13(2)29-21)30-10-22(11-30)6-7-31-22/h3-7,12,20H,8-11H2,1-2H3,(H,27,28,29);3-5,8-9,12,20H,6-7,10-11H2,1-2H3,(H,27,28,29)/t2*12-/m11/s1. The van der Waals surface area contributed by atoms with Crippen molar-refractivity contribution in [3.05, 3.63) is 106 Å². The van der Waals surface area contributed by atoms with Crippen molar-refractivity contribution in [1.82, 2.24) is 29.9 Å². The predicted octanol–water partition coefficient (Wildman–Crippen LogP) is 8.98.